The molecular weight excluding hydrogens is 352 g/mol. The van der Waals surface area contributed by atoms with Crippen LogP contribution in [0.25, 0.3) is 0 Å². The fraction of sp³-hybridized carbons (Fsp3) is 0.778. The predicted molar refractivity (Wildman–Crippen MR) is 98.9 cm³/mol. The summed E-state index contributed by atoms with van der Waals surface area (Å²) in [6, 6.07) is 0.242. The average molecular weight is 383 g/mol. The number of piperidine rings is 1. The summed E-state index contributed by atoms with van der Waals surface area (Å²) in [6.45, 7) is 5.56. The summed E-state index contributed by atoms with van der Waals surface area (Å²) in [4.78, 5) is 16.7. The first-order valence-corrected chi connectivity index (χ1v) is 11.2. The number of hydrogen-bond donors (Lipinski definition) is 1. The fourth-order valence-electron chi connectivity index (χ4n) is 3.88. The van der Waals surface area contributed by atoms with E-state index in [0.29, 0.717) is 19.5 Å². The van der Waals surface area contributed by atoms with Crippen molar-refractivity contribution in [3.63, 3.8) is 0 Å². The van der Waals surface area contributed by atoms with Crippen molar-refractivity contribution in [1.82, 2.24) is 19.2 Å². The van der Waals surface area contributed by atoms with Crippen LogP contribution >= 0.6 is 0 Å². The summed E-state index contributed by atoms with van der Waals surface area (Å²) >= 11 is 0. The summed E-state index contributed by atoms with van der Waals surface area (Å²) in [5, 5.41) is 3.22. The number of nitrogens with zero attached hydrogens (tertiary/aromatic N) is 3. The van der Waals surface area contributed by atoms with Crippen molar-refractivity contribution >= 4 is 15.9 Å². The molecule has 0 bridgehead atoms. The van der Waals surface area contributed by atoms with Gasteiger partial charge in [0, 0.05) is 31.9 Å². The molecule has 2 aliphatic rings. The first-order chi connectivity index (χ1) is 12.4. The van der Waals surface area contributed by atoms with Crippen LogP contribution in [0.2, 0.25) is 0 Å². The number of carbonyl (C=O) groups is 1. The summed E-state index contributed by atoms with van der Waals surface area (Å²) < 4.78 is 28.8. The van der Waals surface area contributed by atoms with Crippen molar-refractivity contribution in [1.29, 1.82) is 0 Å². The molecule has 2 fully saturated rings. The molecule has 1 aromatic heterocycles. The van der Waals surface area contributed by atoms with Gasteiger partial charge in [0.1, 0.15) is 0 Å². The quantitative estimate of drug-likeness (QED) is 0.844. The third-order valence-electron chi connectivity index (χ3n) is 5.70. The highest BCUT2D eigenvalue weighted by Gasteiger charge is 2.35. The van der Waals surface area contributed by atoms with E-state index in [-0.39, 0.29) is 29.4 Å². The number of amides is 1. The van der Waals surface area contributed by atoms with Gasteiger partial charge in [-0.05, 0) is 51.4 Å². The lowest BCUT2D eigenvalue weighted by atomic mass is 9.87. The second-order valence-corrected chi connectivity index (χ2v) is 9.59. The maximum absolute atomic E-state index is 12.8. The highest BCUT2D eigenvalue weighted by atomic mass is 32.2. The van der Waals surface area contributed by atoms with E-state index in [9.17, 15) is 13.2 Å². The van der Waals surface area contributed by atoms with Gasteiger partial charge < -0.3 is 9.88 Å². The molecule has 1 aliphatic heterocycles. The van der Waals surface area contributed by atoms with E-state index in [2.05, 4.69) is 17.2 Å². The van der Waals surface area contributed by atoms with Crippen molar-refractivity contribution in [2.75, 3.05) is 13.1 Å². The molecule has 26 heavy (non-hydrogen) atoms. The van der Waals surface area contributed by atoms with Crippen LogP contribution in [-0.2, 0) is 21.4 Å². The Labute approximate surface area is 156 Å². The van der Waals surface area contributed by atoms with Crippen molar-refractivity contribution < 1.29 is 13.2 Å². The van der Waals surface area contributed by atoms with E-state index >= 15 is 0 Å². The van der Waals surface area contributed by atoms with Gasteiger partial charge >= 0.3 is 0 Å². The van der Waals surface area contributed by atoms with E-state index in [0.717, 1.165) is 38.0 Å². The first kappa shape index (κ1) is 19.4. The minimum absolute atomic E-state index is 0.00328. The van der Waals surface area contributed by atoms with Gasteiger partial charge in [-0.3, -0.25) is 4.79 Å². The standard InChI is InChI=1S/C18H30N4O3S/c1-3-21-12-17(19-13-21)26(24,25)22-10-4-5-15(11-22)18(23)20-16-8-6-14(2)7-9-16/h12-16H,3-11H2,1-2H3,(H,20,23)/t14?,15-,16?/m1/s1. The van der Waals surface area contributed by atoms with Gasteiger partial charge in [0.05, 0.1) is 12.2 Å². The molecular formula is C18H30N4O3S. The van der Waals surface area contributed by atoms with Crippen molar-refractivity contribution in [3.05, 3.63) is 12.5 Å². The van der Waals surface area contributed by atoms with E-state index in [1.807, 2.05) is 6.92 Å². The molecule has 7 nitrogen and oxygen atoms in total. The Bertz CT molecular complexity index is 723. The number of rotatable bonds is 5. The summed E-state index contributed by atoms with van der Waals surface area (Å²) in [6.07, 6.45) is 8.88. The Balaban J connectivity index is 1.62. The molecule has 0 unspecified atom stereocenters. The van der Waals surface area contributed by atoms with Gasteiger partial charge in [0.15, 0.2) is 5.03 Å². The number of nitrogens with one attached hydrogen (secondary N) is 1. The predicted octanol–water partition coefficient (Wildman–Crippen LogP) is 2.00. The molecule has 8 heteroatoms. The third-order valence-corrected chi connectivity index (χ3v) is 7.45. The lowest BCUT2D eigenvalue weighted by Gasteiger charge is -2.33. The SMILES string of the molecule is CCn1cnc(S(=O)(=O)N2CCC[C@@H](C(=O)NC3CCC(C)CC3)C2)c1. The maximum Gasteiger partial charge on any atom is 0.262 e. The highest BCUT2D eigenvalue weighted by molar-refractivity contribution is 7.89. The van der Waals surface area contributed by atoms with E-state index < -0.39 is 10.0 Å². The van der Waals surface area contributed by atoms with E-state index in [4.69, 9.17) is 0 Å². The highest BCUT2D eigenvalue weighted by Crippen LogP contribution is 2.26. The maximum atomic E-state index is 12.8. The second kappa shape index (κ2) is 8.08. The van der Waals surface area contributed by atoms with Crippen molar-refractivity contribution in [3.8, 4) is 0 Å². The van der Waals surface area contributed by atoms with Crippen molar-refractivity contribution in [2.45, 2.75) is 70.0 Å². The van der Waals surface area contributed by atoms with Crippen LogP contribution < -0.4 is 5.32 Å². The molecule has 3 rings (SSSR count). The number of aromatic nitrogens is 2. The topological polar surface area (TPSA) is 84.3 Å². The van der Waals surface area contributed by atoms with Crippen LogP contribution in [0, 0.1) is 11.8 Å². The summed E-state index contributed by atoms with van der Waals surface area (Å²) in [7, 11) is -3.64. The molecule has 0 spiro atoms. The Hall–Kier alpha value is -1.41. The molecule has 2 heterocycles. The minimum atomic E-state index is -3.64. The molecule has 1 aromatic rings. The Morgan fingerprint density at radius 3 is 2.65 bits per heavy atom. The van der Waals surface area contributed by atoms with Crippen LogP contribution in [0.4, 0.5) is 0 Å². The Morgan fingerprint density at radius 2 is 2.00 bits per heavy atom. The zero-order valence-electron chi connectivity index (χ0n) is 15.7. The second-order valence-electron chi connectivity index (χ2n) is 7.71. The van der Waals surface area contributed by atoms with Gasteiger partial charge in [-0.1, -0.05) is 6.92 Å². The molecule has 1 saturated heterocycles. The van der Waals surface area contributed by atoms with Crippen LogP contribution in [0.5, 0.6) is 0 Å². The molecule has 1 aliphatic carbocycles. The van der Waals surface area contributed by atoms with Gasteiger partial charge in [-0.2, -0.15) is 4.31 Å². The first-order valence-electron chi connectivity index (χ1n) is 9.72. The van der Waals surface area contributed by atoms with Crippen molar-refractivity contribution in [2.24, 2.45) is 11.8 Å². The molecule has 1 amide bonds. The summed E-state index contributed by atoms with van der Waals surface area (Å²) in [5.74, 6) is 0.469. The summed E-state index contributed by atoms with van der Waals surface area (Å²) in [5.41, 5.74) is 0. The lowest BCUT2D eigenvalue weighted by Crippen LogP contribution is -2.48. The molecule has 146 valence electrons. The third kappa shape index (κ3) is 4.28. The fourth-order valence-corrected chi connectivity index (χ4v) is 5.34. The van der Waals surface area contributed by atoms with E-state index in [1.54, 1.807) is 10.8 Å². The molecule has 1 N–H and O–H groups in total. The van der Waals surface area contributed by atoms with Gasteiger partial charge in [0.2, 0.25) is 5.91 Å². The largest absolute Gasteiger partial charge is 0.353 e. The zero-order valence-corrected chi connectivity index (χ0v) is 16.5. The smallest absolute Gasteiger partial charge is 0.262 e. The van der Waals surface area contributed by atoms with Gasteiger partial charge in [-0.25, -0.2) is 13.4 Å². The van der Waals surface area contributed by atoms with Crippen LogP contribution in [0.3, 0.4) is 0 Å². The van der Waals surface area contributed by atoms with Gasteiger partial charge in [0.25, 0.3) is 10.0 Å². The van der Waals surface area contributed by atoms with Crippen LogP contribution in [0.15, 0.2) is 17.6 Å². The molecule has 1 atom stereocenters. The molecule has 1 saturated carbocycles. The van der Waals surface area contributed by atoms with Crippen LogP contribution in [0.1, 0.15) is 52.4 Å². The normalized spacial score (nSPS) is 28.0. The average Bonchev–Trinajstić information content (AvgIpc) is 3.14. The number of carbonyl (C=O) groups excluding carboxylic acids is 1. The minimum Gasteiger partial charge on any atom is -0.353 e. The number of sulfonamides is 1. The monoisotopic (exact) mass is 382 g/mol. The lowest BCUT2D eigenvalue weighted by molar-refractivity contribution is -0.127. The van der Waals surface area contributed by atoms with E-state index in [1.165, 1.54) is 10.6 Å². The number of aryl methyl sites for hydroxylation is 1. The zero-order chi connectivity index (χ0) is 18.7. The van der Waals surface area contributed by atoms with Gasteiger partial charge in [-0.15, -0.1) is 0 Å². The Kier molecular flexibility index (Phi) is 6.02. The molecule has 0 radical (unpaired) electrons. The molecule has 0 aromatic carbocycles. The number of imidazole rings is 1. The number of hydrogen-bond acceptors (Lipinski definition) is 4. The Morgan fingerprint density at radius 1 is 1.27 bits per heavy atom. The van der Waals surface area contributed by atoms with Crippen LogP contribution in [-0.4, -0.2) is 47.3 Å².